The Bertz CT molecular complexity index is 474. The fourth-order valence-electron chi connectivity index (χ4n) is 1.95. The average Bonchev–Trinajstić information content (AvgIpc) is 2.96. The molecule has 0 aliphatic heterocycles. The van der Waals surface area contributed by atoms with Crippen LogP contribution in [0, 0.1) is 0 Å². The van der Waals surface area contributed by atoms with E-state index < -0.39 is 6.10 Å². The summed E-state index contributed by atoms with van der Waals surface area (Å²) in [6.07, 6.45) is 5.50. The van der Waals surface area contributed by atoms with E-state index in [1.54, 1.807) is 18.7 Å². The predicted molar refractivity (Wildman–Crippen MR) is 64.5 cm³/mol. The third kappa shape index (κ3) is 2.24. The molecule has 0 spiro atoms. The summed E-state index contributed by atoms with van der Waals surface area (Å²) in [5.74, 6) is 0. The molecule has 0 radical (unpaired) electrons. The van der Waals surface area contributed by atoms with Crippen LogP contribution in [-0.2, 0) is 13.1 Å². The zero-order valence-corrected chi connectivity index (χ0v) is 10.2. The van der Waals surface area contributed by atoms with Gasteiger partial charge in [0.15, 0.2) is 0 Å². The molecule has 1 atom stereocenters. The van der Waals surface area contributed by atoms with Gasteiger partial charge in [-0.1, -0.05) is 6.92 Å². The standard InChI is InChI=1S/C12H18N4O/c1-3-7-16-10(5-6-14-16)12(17)11-8-13-9-15(11)4-2/h5-6,8-9,12,17H,3-4,7H2,1-2H3. The van der Waals surface area contributed by atoms with Gasteiger partial charge >= 0.3 is 0 Å². The number of aromatic nitrogens is 4. The Morgan fingerprint density at radius 2 is 2.18 bits per heavy atom. The molecule has 2 heterocycles. The second-order valence-electron chi connectivity index (χ2n) is 3.99. The molecule has 0 bridgehead atoms. The Balaban J connectivity index is 2.30. The molecular weight excluding hydrogens is 216 g/mol. The van der Waals surface area contributed by atoms with Crippen molar-refractivity contribution >= 4 is 0 Å². The second-order valence-corrected chi connectivity index (χ2v) is 3.99. The van der Waals surface area contributed by atoms with Crippen LogP contribution in [0.5, 0.6) is 0 Å². The first-order valence-electron chi connectivity index (χ1n) is 5.97. The number of aliphatic hydroxyl groups is 1. The summed E-state index contributed by atoms with van der Waals surface area (Å²) in [6, 6.07) is 1.85. The second kappa shape index (κ2) is 5.14. The summed E-state index contributed by atoms with van der Waals surface area (Å²) in [4.78, 5) is 4.07. The Morgan fingerprint density at radius 1 is 1.35 bits per heavy atom. The largest absolute Gasteiger partial charge is 0.380 e. The Morgan fingerprint density at radius 3 is 2.88 bits per heavy atom. The van der Waals surface area contributed by atoms with Crippen molar-refractivity contribution in [3.8, 4) is 0 Å². The van der Waals surface area contributed by atoms with Gasteiger partial charge in [0.1, 0.15) is 6.10 Å². The molecule has 0 fully saturated rings. The summed E-state index contributed by atoms with van der Waals surface area (Å²) in [5, 5.41) is 14.6. The van der Waals surface area contributed by atoms with E-state index in [1.807, 2.05) is 22.2 Å². The molecule has 2 aromatic heterocycles. The summed E-state index contributed by atoms with van der Waals surface area (Å²) in [5.41, 5.74) is 1.63. The van der Waals surface area contributed by atoms with E-state index >= 15 is 0 Å². The first-order chi connectivity index (χ1) is 8.27. The highest BCUT2D eigenvalue weighted by atomic mass is 16.3. The smallest absolute Gasteiger partial charge is 0.137 e. The number of hydrogen-bond donors (Lipinski definition) is 1. The lowest BCUT2D eigenvalue weighted by Gasteiger charge is -2.14. The first-order valence-corrected chi connectivity index (χ1v) is 5.97. The van der Waals surface area contributed by atoms with E-state index in [0.29, 0.717) is 0 Å². The molecule has 0 aromatic carbocycles. The molecular formula is C12H18N4O. The van der Waals surface area contributed by atoms with Gasteiger partial charge in [-0.3, -0.25) is 4.68 Å². The summed E-state index contributed by atoms with van der Waals surface area (Å²) in [7, 11) is 0. The van der Waals surface area contributed by atoms with Gasteiger partial charge < -0.3 is 9.67 Å². The lowest BCUT2D eigenvalue weighted by Crippen LogP contribution is -2.13. The maximum Gasteiger partial charge on any atom is 0.137 e. The van der Waals surface area contributed by atoms with Crippen LogP contribution in [0.4, 0.5) is 0 Å². The van der Waals surface area contributed by atoms with Crippen molar-refractivity contribution in [2.45, 2.75) is 39.5 Å². The fourth-order valence-corrected chi connectivity index (χ4v) is 1.95. The summed E-state index contributed by atoms with van der Waals surface area (Å²) < 4.78 is 3.78. The maximum absolute atomic E-state index is 10.4. The van der Waals surface area contributed by atoms with Crippen LogP contribution in [0.2, 0.25) is 0 Å². The maximum atomic E-state index is 10.4. The van der Waals surface area contributed by atoms with E-state index in [9.17, 15) is 5.11 Å². The third-order valence-corrected chi connectivity index (χ3v) is 2.83. The van der Waals surface area contributed by atoms with Gasteiger partial charge in [0.2, 0.25) is 0 Å². The molecule has 2 rings (SSSR count). The normalized spacial score (nSPS) is 12.9. The molecule has 0 saturated heterocycles. The molecule has 0 aliphatic carbocycles. The minimum absolute atomic E-state index is 0.661. The third-order valence-electron chi connectivity index (χ3n) is 2.83. The Kier molecular flexibility index (Phi) is 3.58. The molecule has 5 heteroatoms. The average molecular weight is 234 g/mol. The Hall–Kier alpha value is -1.62. The van der Waals surface area contributed by atoms with Gasteiger partial charge in [-0.15, -0.1) is 0 Å². The number of rotatable bonds is 5. The number of aliphatic hydroxyl groups excluding tert-OH is 1. The number of aryl methyl sites for hydroxylation is 2. The highest BCUT2D eigenvalue weighted by Crippen LogP contribution is 2.21. The molecule has 0 saturated carbocycles. The van der Waals surface area contributed by atoms with Crippen molar-refractivity contribution in [1.29, 1.82) is 0 Å². The zero-order valence-electron chi connectivity index (χ0n) is 10.2. The van der Waals surface area contributed by atoms with Gasteiger partial charge in [0, 0.05) is 19.3 Å². The van der Waals surface area contributed by atoms with E-state index in [2.05, 4.69) is 17.0 Å². The van der Waals surface area contributed by atoms with Crippen molar-refractivity contribution in [2.75, 3.05) is 0 Å². The van der Waals surface area contributed by atoms with Gasteiger partial charge in [-0.05, 0) is 19.4 Å². The SMILES string of the molecule is CCCn1nccc1C(O)c1cncn1CC. The molecule has 0 amide bonds. The van der Waals surface area contributed by atoms with Crippen molar-refractivity contribution in [2.24, 2.45) is 0 Å². The van der Waals surface area contributed by atoms with Crippen molar-refractivity contribution in [1.82, 2.24) is 19.3 Å². The summed E-state index contributed by atoms with van der Waals surface area (Å²) in [6.45, 7) is 5.74. The van der Waals surface area contributed by atoms with E-state index in [0.717, 1.165) is 30.9 Å². The van der Waals surface area contributed by atoms with Crippen molar-refractivity contribution < 1.29 is 5.11 Å². The fraction of sp³-hybridized carbons (Fsp3) is 0.500. The topological polar surface area (TPSA) is 55.9 Å². The van der Waals surface area contributed by atoms with Crippen LogP contribution in [0.1, 0.15) is 37.8 Å². The number of imidazole rings is 1. The molecule has 0 aliphatic rings. The zero-order chi connectivity index (χ0) is 12.3. The number of nitrogens with zero attached hydrogens (tertiary/aromatic N) is 4. The number of hydrogen-bond acceptors (Lipinski definition) is 3. The molecule has 1 N–H and O–H groups in total. The Labute approximate surface area is 101 Å². The van der Waals surface area contributed by atoms with Gasteiger partial charge in [0.05, 0.1) is 23.9 Å². The minimum atomic E-state index is -0.661. The molecule has 1 unspecified atom stereocenters. The van der Waals surface area contributed by atoms with Gasteiger partial charge in [-0.2, -0.15) is 5.10 Å². The van der Waals surface area contributed by atoms with Crippen molar-refractivity contribution in [3.63, 3.8) is 0 Å². The highest BCUT2D eigenvalue weighted by Gasteiger charge is 2.18. The van der Waals surface area contributed by atoms with Crippen molar-refractivity contribution in [3.05, 3.63) is 36.2 Å². The van der Waals surface area contributed by atoms with Crippen LogP contribution in [0.15, 0.2) is 24.8 Å². The van der Waals surface area contributed by atoms with Crippen LogP contribution >= 0.6 is 0 Å². The van der Waals surface area contributed by atoms with Gasteiger partial charge in [0.25, 0.3) is 0 Å². The minimum Gasteiger partial charge on any atom is -0.380 e. The first kappa shape index (κ1) is 11.9. The monoisotopic (exact) mass is 234 g/mol. The highest BCUT2D eigenvalue weighted by molar-refractivity contribution is 5.17. The molecule has 17 heavy (non-hydrogen) atoms. The quantitative estimate of drug-likeness (QED) is 0.854. The van der Waals surface area contributed by atoms with E-state index in [-0.39, 0.29) is 0 Å². The lowest BCUT2D eigenvalue weighted by atomic mass is 10.2. The summed E-state index contributed by atoms with van der Waals surface area (Å²) >= 11 is 0. The molecule has 92 valence electrons. The van der Waals surface area contributed by atoms with Crippen LogP contribution in [0.25, 0.3) is 0 Å². The molecule has 5 nitrogen and oxygen atoms in total. The van der Waals surface area contributed by atoms with E-state index in [4.69, 9.17) is 0 Å². The van der Waals surface area contributed by atoms with Crippen LogP contribution in [-0.4, -0.2) is 24.4 Å². The lowest BCUT2D eigenvalue weighted by molar-refractivity contribution is 0.197. The van der Waals surface area contributed by atoms with Gasteiger partial charge in [-0.25, -0.2) is 4.98 Å². The molecule has 2 aromatic rings. The van der Waals surface area contributed by atoms with Crippen LogP contribution < -0.4 is 0 Å². The van der Waals surface area contributed by atoms with Crippen LogP contribution in [0.3, 0.4) is 0 Å². The van der Waals surface area contributed by atoms with E-state index in [1.165, 1.54) is 0 Å². The predicted octanol–water partition coefficient (Wildman–Crippen LogP) is 1.59.